The van der Waals surface area contributed by atoms with E-state index in [0.29, 0.717) is 24.5 Å². The van der Waals surface area contributed by atoms with Crippen molar-refractivity contribution in [1.29, 1.82) is 0 Å². The van der Waals surface area contributed by atoms with Gasteiger partial charge in [-0.25, -0.2) is 4.79 Å². The number of hydrogen-bond acceptors (Lipinski definition) is 3. The lowest BCUT2D eigenvalue weighted by atomic mass is 10.2. The maximum atomic E-state index is 12.7. The Morgan fingerprint density at radius 1 is 0.963 bits per heavy atom. The third-order valence-corrected chi connectivity index (χ3v) is 4.36. The van der Waals surface area contributed by atoms with Crippen LogP contribution in [0.25, 0.3) is 0 Å². The molecule has 7 nitrogen and oxygen atoms in total. The van der Waals surface area contributed by atoms with Crippen molar-refractivity contribution >= 4 is 23.3 Å². The summed E-state index contributed by atoms with van der Waals surface area (Å²) in [6, 6.07) is 10.1. The number of urea groups is 1. The molecule has 7 heteroatoms. The summed E-state index contributed by atoms with van der Waals surface area (Å²) in [7, 11) is 0. The summed E-state index contributed by atoms with van der Waals surface area (Å²) in [5.74, 6) is -0.133. The molecule has 2 rings (SSSR count). The molecule has 0 bridgehead atoms. The maximum Gasteiger partial charge on any atom is 0.323 e. The van der Waals surface area contributed by atoms with E-state index in [9.17, 15) is 14.4 Å². The fraction of sp³-hybridized carbons (Fsp3) is 0.350. The average molecular weight is 370 g/mol. The molecule has 0 aliphatic carbocycles. The number of amides is 3. The summed E-state index contributed by atoms with van der Waals surface area (Å²) >= 11 is 0. The summed E-state index contributed by atoms with van der Waals surface area (Å²) < 4.78 is 1.38. The SMILES string of the molecule is CCN(CC)C(=O)Cn1c(C)ccc(NC(=O)Nc2ccc(C)cc2)c1=O. The van der Waals surface area contributed by atoms with Crippen LogP contribution in [0.15, 0.2) is 41.2 Å². The number of rotatable bonds is 6. The van der Waals surface area contributed by atoms with Crippen LogP contribution in [0.5, 0.6) is 0 Å². The van der Waals surface area contributed by atoms with E-state index in [1.807, 2.05) is 32.9 Å². The van der Waals surface area contributed by atoms with E-state index in [0.717, 1.165) is 5.56 Å². The first kappa shape index (κ1) is 20.2. The van der Waals surface area contributed by atoms with Crippen LogP contribution in [0, 0.1) is 13.8 Å². The number of nitrogens with zero attached hydrogens (tertiary/aromatic N) is 2. The molecule has 0 saturated carbocycles. The van der Waals surface area contributed by atoms with Gasteiger partial charge in [-0.3, -0.25) is 9.59 Å². The van der Waals surface area contributed by atoms with Crippen molar-refractivity contribution in [3.63, 3.8) is 0 Å². The van der Waals surface area contributed by atoms with Crippen molar-refractivity contribution in [3.05, 3.63) is 58.0 Å². The van der Waals surface area contributed by atoms with E-state index in [2.05, 4.69) is 10.6 Å². The second-order valence-corrected chi connectivity index (χ2v) is 6.29. The molecule has 2 aromatic rings. The van der Waals surface area contributed by atoms with E-state index >= 15 is 0 Å². The van der Waals surface area contributed by atoms with Crippen LogP contribution in [-0.2, 0) is 11.3 Å². The molecule has 3 amide bonds. The third-order valence-electron chi connectivity index (χ3n) is 4.36. The number of carbonyl (C=O) groups excluding carboxylic acids is 2. The van der Waals surface area contributed by atoms with E-state index in [1.54, 1.807) is 36.1 Å². The number of pyridine rings is 1. The van der Waals surface area contributed by atoms with Gasteiger partial charge in [0.2, 0.25) is 5.91 Å². The Balaban J connectivity index is 2.16. The van der Waals surface area contributed by atoms with Crippen molar-refractivity contribution in [2.24, 2.45) is 0 Å². The Morgan fingerprint density at radius 2 is 1.59 bits per heavy atom. The van der Waals surface area contributed by atoms with Crippen molar-refractivity contribution in [2.75, 3.05) is 23.7 Å². The zero-order valence-corrected chi connectivity index (χ0v) is 16.2. The van der Waals surface area contributed by atoms with Crippen LogP contribution in [0.4, 0.5) is 16.2 Å². The van der Waals surface area contributed by atoms with Gasteiger partial charge in [-0.05, 0) is 52.0 Å². The molecule has 0 radical (unpaired) electrons. The van der Waals surface area contributed by atoms with Gasteiger partial charge in [-0.1, -0.05) is 17.7 Å². The predicted octanol–water partition coefficient (Wildman–Crippen LogP) is 2.98. The highest BCUT2D eigenvalue weighted by Crippen LogP contribution is 2.10. The second-order valence-electron chi connectivity index (χ2n) is 6.29. The third kappa shape index (κ3) is 5.20. The molecule has 1 aromatic carbocycles. The summed E-state index contributed by atoms with van der Waals surface area (Å²) in [5, 5.41) is 5.25. The van der Waals surface area contributed by atoms with Crippen LogP contribution in [0.2, 0.25) is 0 Å². The van der Waals surface area contributed by atoms with Gasteiger partial charge < -0.3 is 20.1 Å². The number of carbonyl (C=O) groups is 2. The Hall–Kier alpha value is -3.09. The van der Waals surface area contributed by atoms with E-state index in [4.69, 9.17) is 0 Å². The zero-order valence-electron chi connectivity index (χ0n) is 16.2. The van der Waals surface area contributed by atoms with Crippen molar-refractivity contribution in [1.82, 2.24) is 9.47 Å². The van der Waals surface area contributed by atoms with Crippen LogP contribution >= 0.6 is 0 Å². The van der Waals surface area contributed by atoms with Crippen LogP contribution in [-0.4, -0.2) is 34.5 Å². The van der Waals surface area contributed by atoms with Gasteiger partial charge in [0.05, 0.1) is 0 Å². The topological polar surface area (TPSA) is 83.4 Å². The molecule has 0 fully saturated rings. The van der Waals surface area contributed by atoms with Crippen molar-refractivity contribution in [3.8, 4) is 0 Å². The predicted molar refractivity (Wildman–Crippen MR) is 107 cm³/mol. The lowest BCUT2D eigenvalue weighted by molar-refractivity contribution is -0.131. The normalized spacial score (nSPS) is 10.4. The van der Waals surface area contributed by atoms with Crippen LogP contribution in [0.3, 0.4) is 0 Å². The molecule has 144 valence electrons. The van der Waals surface area contributed by atoms with E-state index < -0.39 is 11.6 Å². The minimum Gasteiger partial charge on any atom is -0.342 e. The molecule has 0 atom stereocenters. The number of aromatic nitrogens is 1. The Kier molecular flexibility index (Phi) is 6.76. The molecular formula is C20H26N4O3. The lowest BCUT2D eigenvalue weighted by Crippen LogP contribution is -2.37. The number of aryl methyl sites for hydroxylation is 2. The molecule has 0 unspecified atom stereocenters. The van der Waals surface area contributed by atoms with Gasteiger partial charge in [-0.15, -0.1) is 0 Å². The standard InChI is InChI=1S/C20H26N4O3/c1-5-23(6-2)18(25)13-24-15(4)9-12-17(19(24)26)22-20(27)21-16-10-7-14(3)8-11-16/h7-12H,5-6,13H2,1-4H3,(H2,21,22,27). The minimum atomic E-state index is -0.513. The molecule has 2 N–H and O–H groups in total. The largest absolute Gasteiger partial charge is 0.342 e. The molecule has 27 heavy (non-hydrogen) atoms. The first-order chi connectivity index (χ1) is 12.8. The fourth-order valence-electron chi connectivity index (χ4n) is 2.70. The monoisotopic (exact) mass is 370 g/mol. The second kappa shape index (κ2) is 9.02. The first-order valence-corrected chi connectivity index (χ1v) is 8.98. The highest BCUT2D eigenvalue weighted by atomic mass is 16.2. The summed E-state index contributed by atoms with van der Waals surface area (Å²) in [4.78, 5) is 38.9. The van der Waals surface area contributed by atoms with Gasteiger partial charge in [0.25, 0.3) is 5.56 Å². The average Bonchev–Trinajstić information content (AvgIpc) is 2.64. The highest BCUT2D eigenvalue weighted by molar-refractivity contribution is 5.99. The summed E-state index contributed by atoms with van der Waals surface area (Å²) in [6.07, 6.45) is 0. The summed E-state index contributed by atoms with van der Waals surface area (Å²) in [5.41, 5.74) is 2.08. The Bertz CT molecular complexity index is 868. The molecule has 0 spiro atoms. The number of nitrogens with one attached hydrogen (secondary N) is 2. The van der Waals surface area contributed by atoms with Gasteiger partial charge in [0, 0.05) is 24.5 Å². The number of hydrogen-bond donors (Lipinski definition) is 2. The first-order valence-electron chi connectivity index (χ1n) is 8.98. The zero-order chi connectivity index (χ0) is 20.0. The van der Waals surface area contributed by atoms with Crippen molar-refractivity contribution in [2.45, 2.75) is 34.2 Å². The van der Waals surface area contributed by atoms with E-state index in [-0.39, 0.29) is 18.1 Å². The van der Waals surface area contributed by atoms with Gasteiger partial charge in [0.15, 0.2) is 0 Å². The summed E-state index contributed by atoms with van der Waals surface area (Å²) in [6.45, 7) is 8.61. The van der Waals surface area contributed by atoms with E-state index in [1.165, 1.54) is 4.57 Å². The molecule has 0 saturated heterocycles. The minimum absolute atomic E-state index is 0.0541. The highest BCUT2D eigenvalue weighted by Gasteiger charge is 2.15. The quantitative estimate of drug-likeness (QED) is 0.820. The number of benzene rings is 1. The fourth-order valence-corrected chi connectivity index (χ4v) is 2.70. The Labute approximate surface area is 159 Å². The molecule has 1 heterocycles. The molecule has 0 aliphatic rings. The Morgan fingerprint density at radius 3 is 2.19 bits per heavy atom. The van der Waals surface area contributed by atoms with Gasteiger partial charge in [0.1, 0.15) is 12.2 Å². The lowest BCUT2D eigenvalue weighted by Gasteiger charge is -2.20. The molecule has 0 aliphatic heterocycles. The van der Waals surface area contributed by atoms with Gasteiger partial charge >= 0.3 is 6.03 Å². The number of anilines is 2. The van der Waals surface area contributed by atoms with Gasteiger partial charge in [-0.2, -0.15) is 0 Å². The smallest absolute Gasteiger partial charge is 0.323 e. The molecule has 1 aromatic heterocycles. The maximum absolute atomic E-state index is 12.7. The van der Waals surface area contributed by atoms with Crippen molar-refractivity contribution < 1.29 is 9.59 Å². The van der Waals surface area contributed by atoms with Crippen LogP contribution in [0.1, 0.15) is 25.1 Å². The molecular weight excluding hydrogens is 344 g/mol. The van der Waals surface area contributed by atoms with Crippen LogP contribution < -0.4 is 16.2 Å². The number of likely N-dealkylation sites (N-methyl/N-ethyl adjacent to an activating group) is 1.